The van der Waals surface area contributed by atoms with Crippen LogP contribution in [0.5, 0.6) is 5.75 Å². The van der Waals surface area contributed by atoms with Crippen molar-refractivity contribution in [3.05, 3.63) is 65.7 Å². The van der Waals surface area contributed by atoms with Gasteiger partial charge in [0, 0.05) is 12.1 Å². The zero-order valence-corrected chi connectivity index (χ0v) is 14.3. The summed E-state index contributed by atoms with van der Waals surface area (Å²) in [4.78, 5) is 12.2. The van der Waals surface area contributed by atoms with Gasteiger partial charge in [-0.25, -0.2) is 0 Å². The molecule has 0 heterocycles. The molecule has 1 atom stereocenters. The molecule has 2 aromatic carbocycles. The number of halogens is 3. The van der Waals surface area contributed by atoms with Crippen LogP contribution in [-0.2, 0) is 6.54 Å². The van der Waals surface area contributed by atoms with E-state index in [1.807, 2.05) is 13.0 Å². The van der Waals surface area contributed by atoms with E-state index in [4.69, 9.17) is 0 Å². The fourth-order valence-electron chi connectivity index (χ4n) is 2.40. The maximum atomic E-state index is 12.2. The minimum Gasteiger partial charge on any atom is -0.406 e. The van der Waals surface area contributed by atoms with E-state index in [1.54, 1.807) is 36.4 Å². The summed E-state index contributed by atoms with van der Waals surface area (Å²) < 4.78 is 40.3. The molecular formula is C19H21F3N2O2. The maximum Gasteiger partial charge on any atom is 0.573 e. The molecule has 1 unspecified atom stereocenters. The SMILES string of the molecule is CCCC(NCc1ccc(OC(F)(F)F)cc1)NC(=O)c1ccccc1. The van der Waals surface area contributed by atoms with Crippen molar-refractivity contribution in [1.82, 2.24) is 10.6 Å². The lowest BCUT2D eigenvalue weighted by Crippen LogP contribution is -2.45. The van der Waals surface area contributed by atoms with E-state index in [1.165, 1.54) is 12.1 Å². The van der Waals surface area contributed by atoms with Gasteiger partial charge in [-0.15, -0.1) is 13.2 Å². The first-order valence-electron chi connectivity index (χ1n) is 8.31. The Balaban J connectivity index is 1.90. The third-order valence-corrected chi connectivity index (χ3v) is 3.63. The van der Waals surface area contributed by atoms with Crippen LogP contribution in [0.1, 0.15) is 35.7 Å². The molecule has 0 spiro atoms. The highest BCUT2D eigenvalue weighted by Crippen LogP contribution is 2.22. The smallest absolute Gasteiger partial charge is 0.406 e. The predicted molar refractivity (Wildman–Crippen MR) is 92.6 cm³/mol. The van der Waals surface area contributed by atoms with E-state index >= 15 is 0 Å². The molecule has 140 valence electrons. The van der Waals surface area contributed by atoms with Crippen LogP contribution < -0.4 is 15.4 Å². The van der Waals surface area contributed by atoms with Crippen molar-refractivity contribution in [2.24, 2.45) is 0 Å². The number of hydrogen-bond acceptors (Lipinski definition) is 3. The van der Waals surface area contributed by atoms with Crippen molar-refractivity contribution in [3.8, 4) is 5.75 Å². The number of benzene rings is 2. The molecule has 2 rings (SSSR count). The molecule has 0 aliphatic heterocycles. The number of alkyl halides is 3. The second kappa shape index (κ2) is 9.24. The van der Waals surface area contributed by atoms with Gasteiger partial charge in [-0.1, -0.05) is 43.7 Å². The van der Waals surface area contributed by atoms with Crippen LogP contribution in [-0.4, -0.2) is 18.4 Å². The third kappa shape index (κ3) is 6.76. The van der Waals surface area contributed by atoms with Crippen LogP contribution in [0.25, 0.3) is 0 Å². The van der Waals surface area contributed by atoms with Gasteiger partial charge < -0.3 is 10.1 Å². The molecule has 0 aliphatic rings. The monoisotopic (exact) mass is 366 g/mol. The molecule has 2 aromatic rings. The van der Waals surface area contributed by atoms with Crippen LogP contribution in [0.3, 0.4) is 0 Å². The molecule has 0 saturated heterocycles. The molecule has 1 amide bonds. The normalized spacial score (nSPS) is 12.5. The number of amides is 1. The van der Waals surface area contributed by atoms with E-state index in [9.17, 15) is 18.0 Å². The number of rotatable bonds is 8. The summed E-state index contributed by atoms with van der Waals surface area (Å²) in [7, 11) is 0. The quantitative estimate of drug-likeness (QED) is 0.688. The van der Waals surface area contributed by atoms with Gasteiger partial charge in [0.05, 0.1) is 6.17 Å². The molecule has 4 nitrogen and oxygen atoms in total. The lowest BCUT2D eigenvalue weighted by atomic mass is 10.2. The Bertz CT molecular complexity index is 688. The number of ether oxygens (including phenoxy) is 1. The molecular weight excluding hydrogens is 345 g/mol. The summed E-state index contributed by atoms with van der Waals surface area (Å²) in [6.07, 6.45) is -3.34. The van der Waals surface area contributed by atoms with Gasteiger partial charge in [0.2, 0.25) is 0 Å². The minimum absolute atomic E-state index is 0.175. The van der Waals surface area contributed by atoms with E-state index in [0.29, 0.717) is 12.1 Å². The zero-order valence-electron chi connectivity index (χ0n) is 14.3. The summed E-state index contributed by atoms with van der Waals surface area (Å²) in [6, 6.07) is 14.5. The molecule has 7 heteroatoms. The average Bonchev–Trinajstić information content (AvgIpc) is 2.60. The fourth-order valence-corrected chi connectivity index (χ4v) is 2.40. The van der Waals surface area contributed by atoms with Crippen molar-refractivity contribution >= 4 is 5.91 Å². The first-order valence-corrected chi connectivity index (χ1v) is 8.31. The summed E-state index contributed by atoms with van der Waals surface area (Å²) in [6.45, 7) is 2.42. The Kier molecular flexibility index (Phi) is 7.03. The lowest BCUT2D eigenvalue weighted by molar-refractivity contribution is -0.274. The Hall–Kier alpha value is -2.54. The van der Waals surface area contributed by atoms with Crippen LogP contribution in [0.4, 0.5) is 13.2 Å². The largest absolute Gasteiger partial charge is 0.573 e. The molecule has 0 fully saturated rings. The van der Waals surface area contributed by atoms with E-state index in [-0.39, 0.29) is 17.8 Å². The molecule has 0 bridgehead atoms. The number of hydrogen-bond donors (Lipinski definition) is 2. The summed E-state index contributed by atoms with van der Waals surface area (Å²) in [5.74, 6) is -0.436. The van der Waals surface area contributed by atoms with Crippen molar-refractivity contribution < 1.29 is 22.7 Å². The van der Waals surface area contributed by atoms with Gasteiger partial charge in [-0.2, -0.15) is 0 Å². The summed E-state index contributed by atoms with van der Waals surface area (Å²) in [5.41, 5.74) is 1.36. The molecule has 0 radical (unpaired) electrons. The Morgan fingerprint density at radius 1 is 1.08 bits per heavy atom. The summed E-state index contributed by atoms with van der Waals surface area (Å²) in [5, 5.41) is 6.13. The van der Waals surface area contributed by atoms with Gasteiger partial charge in [0.25, 0.3) is 5.91 Å². The minimum atomic E-state index is -4.70. The van der Waals surface area contributed by atoms with Crippen LogP contribution >= 0.6 is 0 Å². The highest BCUT2D eigenvalue weighted by molar-refractivity contribution is 5.94. The van der Waals surface area contributed by atoms with Gasteiger partial charge in [0.1, 0.15) is 5.75 Å². The number of nitrogens with one attached hydrogen (secondary N) is 2. The maximum absolute atomic E-state index is 12.2. The lowest BCUT2D eigenvalue weighted by Gasteiger charge is -2.20. The van der Waals surface area contributed by atoms with Gasteiger partial charge in [-0.05, 0) is 36.2 Å². The van der Waals surface area contributed by atoms with Gasteiger partial charge in [-0.3, -0.25) is 10.1 Å². The highest BCUT2D eigenvalue weighted by atomic mass is 19.4. The highest BCUT2D eigenvalue weighted by Gasteiger charge is 2.30. The zero-order chi connectivity index (χ0) is 19.0. The standard InChI is InChI=1S/C19H21F3N2O2/c1-2-6-17(24-18(25)15-7-4-3-5-8-15)23-13-14-9-11-16(12-10-14)26-19(20,21)22/h3-5,7-12,17,23H,2,6,13H2,1H3,(H,24,25). The van der Waals surface area contributed by atoms with Crippen molar-refractivity contribution in [1.29, 1.82) is 0 Å². The second-order valence-corrected chi connectivity index (χ2v) is 5.75. The third-order valence-electron chi connectivity index (χ3n) is 3.63. The molecule has 26 heavy (non-hydrogen) atoms. The molecule has 0 aliphatic carbocycles. The number of carbonyl (C=O) groups excluding carboxylic acids is 1. The first kappa shape index (κ1) is 19.8. The van der Waals surface area contributed by atoms with Crippen LogP contribution in [0.15, 0.2) is 54.6 Å². The van der Waals surface area contributed by atoms with Gasteiger partial charge >= 0.3 is 6.36 Å². The van der Waals surface area contributed by atoms with Gasteiger partial charge in [0.15, 0.2) is 0 Å². The Morgan fingerprint density at radius 2 is 1.73 bits per heavy atom. The van der Waals surface area contributed by atoms with Crippen molar-refractivity contribution in [2.45, 2.75) is 38.8 Å². The first-order chi connectivity index (χ1) is 12.4. The molecule has 0 aromatic heterocycles. The molecule has 2 N–H and O–H groups in total. The van der Waals surface area contributed by atoms with E-state index < -0.39 is 6.36 Å². The predicted octanol–water partition coefficient (Wildman–Crippen LogP) is 4.23. The fraction of sp³-hybridized carbons (Fsp3) is 0.316. The topological polar surface area (TPSA) is 50.4 Å². The van der Waals surface area contributed by atoms with Crippen LogP contribution in [0, 0.1) is 0 Å². The second-order valence-electron chi connectivity index (χ2n) is 5.75. The van der Waals surface area contributed by atoms with Crippen molar-refractivity contribution in [3.63, 3.8) is 0 Å². The average molecular weight is 366 g/mol. The Morgan fingerprint density at radius 3 is 2.31 bits per heavy atom. The van der Waals surface area contributed by atoms with E-state index in [0.717, 1.165) is 18.4 Å². The van der Waals surface area contributed by atoms with Crippen LogP contribution in [0.2, 0.25) is 0 Å². The van der Waals surface area contributed by atoms with Crippen molar-refractivity contribution in [2.75, 3.05) is 0 Å². The number of carbonyl (C=O) groups is 1. The summed E-state index contributed by atoms with van der Waals surface area (Å²) >= 11 is 0. The molecule has 0 saturated carbocycles. The van der Waals surface area contributed by atoms with E-state index in [2.05, 4.69) is 15.4 Å². The Labute approximate surface area is 150 Å².